The van der Waals surface area contributed by atoms with E-state index in [0.717, 1.165) is 5.56 Å². The fourth-order valence-electron chi connectivity index (χ4n) is 1.41. The van der Waals surface area contributed by atoms with Crippen LogP contribution in [0.2, 0.25) is 0 Å². The molecule has 1 aromatic heterocycles. The number of methoxy groups -OCH3 is 1. The van der Waals surface area contributed by atoms with E-state index in [0.29, 0.717) is 11.6 Å². The molecule has 18 heavy (non-hydrogen) atoms. The lowest BCUT2D eigenvalue weighted by Gasteiger charge is -2.00. The van der Waals surface area contributed by atoms with Gasteiger partial charge in [-0.15, -0.1) is 10.2 Å². The van der Waals surface area contributed by atoms with Gasteiger partial charge in [-0.05, 0) is 17.3 Å². The number of rotatable bonds is 5. The fraction of sp³-hybridized carbons (Fsp3) is 0.273. The van der Waals surface area contributed by atoms with Crippen molar-refractivity contribution < 1.29 is 14.6 Å². The molecule has 7 nitrogen and oxygen atoms in total. The Balaban J connectivity index is 2.15. The minimum absolute atomic E-state index is 0.138. The summed E-state index contributed by atoms with van der Waals surface area (Å²) >= 11 is 0. The molecule has 2 aromatic rings. The van der Waals surface area contributed by atoms with Crippen molar-refractivity contribution in [2.75, 3.05) is 7.11 Å². The molecule has 0 aliphatic heterocycles. The summed E-state index contributed by atoms with van der Waals surface area (Å²) < 4.78 is 5.09. The Labute approximate surface area is 103 Å². The summed E-state index contributed by atoms with van der Waals surface area (Å²) in [6.07, 6.45) is -0.145. The number of benzene rings is 1. The summed E-state index contributed by atoms with van der Waals surface area (Å²) in [6, 6.07) is 7.22. The maximum absolute atomic E-state index is 10.3. The highest BCUT2D eigenvalue weighted by atomic mass is 16.5. The van der Waals surface area contributed by atoms with Crippen LogP contribution in [0.3, 0.4) is 0 Å². The first-order chi connectivity index (χ1) is 8.69. The highest BCUT2D eigenvalue weighted by Gasteiger charge is 2.06. The molecular weight excluding hydrogens is 236 g/mol. The smallest absolute Gasteiger partial charge is 0.205 e. The molecule has 0 amide bonds. The average Bonchev–Trinajstić information content (AvgIpc) is 2.85. The fourth-order valence-corrected chi connectivity index (χ4v) is 1.41. The third-order valence-electron chi connectivity index (χ3n) is 2.30. The largest absolute Gasteiger partial charge is 0.550 e. The lowest BCUT2D eigenvalue weighted by molar-refractivity contribution is -0.306. The predicted molar refractivity (Wildman–Crippen MR) is 59.4 cm³/mol. The monoisotopic (exact) mass is 247 g/mol. The van der Waals surface area contributed by atoms with Gasteiger partial charge in [-0.25, -0.2) is 0 Å². The van der Waals surface area contributed by atoms with Crippen LogP contribution in [0.5, 0.6) is 5.75 Å². The summed E-state index contributed by atoms with van der Waals surface area (Å²) in [5.74, 6) is -0.0268. The molecule has 0 unspecified atom stereocenters. The van der Waals surface area contributed by atoms with Gasteiger partial charge in [-0.3, -0.25) is 0 Å². The molecule has 0 aliphatic rings. The highest BCUT2D eigenvalue weighted by Crippen LogP contribution is 2.19. The zero-order valence-electron chi connectivity index (χ0n) is 9.74. The number of carbonyl (C=O) groups excluding carboxylic acids is 1. The number of nitrogens with zero attached hydrogens (tertiary/aromatic N) is 4. The second-order valence-corrected chi connectivity index (χ2v) is 3.56. The van der Waals surface area contributed by atoms with E-state index < -0.39 is 5.97 Å². The van der Waals surface area contributed by atoms with Crippen LogP contribution in [0, 0.1) is 0 Å². The van der Waals surface area contributed by atoms with Crippen LogP contribution in [-0.2, 0) is 11.3 Å². The molecule has 1 aromatic carbocycles. The lowest BCUT2D eigenvalue weighted by atomic mass is 10.2. The Morgan fingerprint density at radius 3 is 3.06 bits per heavy atom. The van der Waals surface area contributed by atoms with Crippen molar-refractivity contribution in [3.63, 3.8) is 0 Å². The van der Waals surface area contributed by atoms with Crippen molar-refractivity contribution in [2.24, 2.45) is 0 Å². The van der Waals surface area contributed by atoms with Crippen molar-refractivity contribution in [2.45, 2.75) is 13.0 Å². The van der Waals surface area contributed by atoms with E-state index in [4.69, 9.17) is 4.74 Å². The number of ether oxygens (including phenoxy) is 1. The molecule has 0 saturated carbocycles. The molecule has 0 aliphatic carbocycles. The maximum atomic E-state index is 10.3. The number of hydrogen-bond donors (Lipinski definition) is 0. The Kier molecular flexibility index (Phi) is 3.52. The Morgan fingerprint density at radius 2 is 2.33 bits per heavy atom. The number of aliphatic carboxylic acids is 1. The zero-order valence-corrected chi connectivity index (χ0v) is 9.74. The highest BCUT2D eigenvalue weighted by molar-refractivity contribution is 5.64. The minimum atomic E-state index is -1.14. The second kappa shape index (κ2) is 5.26. The molecule has 1 heterocycles. The molecule has 0 spiro atoms. The first kappa shape index (κ1) is 12.0. The van der Waals surface area contributed by atoms with Crippen LogP contribution in [0.25, 0.3) is 11.4 Å². The Bertz CT molecular complexity index is 553. The molecule has 0 saturated heterocycles. The van der Waals surface area contributed by atoms with Crippen LogP contribution in [0.1, 0.15) is 6.42 Å². The maximum Gasteiger partial charge on any atom is 0.205 e. The number of aryl methyl sites for hydroxylation is 1. The molecule has 0 N–H and O–H groups in total. The van der Waals surface area contributed by atoms with E-state index in [-0.39, 0.29) is 13.0 Å². The number of tetrazole rings is 1. The molecule has 94 valence electrons. The van der Waals surface area contributed by atoms with Gasteiger partial charge >= 0.3 is 0 Å². The van der Waals surface area contributed by atoms with Gasteiger partial charge in [0.05, 0.1) is 13.7 Å². The molecule has 2 rings (SSSR count). The quantitative estimate of drug-likeness (QED) is 0.706. The molecule has 0 bridgehead atoms. The number of aromatic nitrogens is 4. The topological polar surface area (TPSA) is 93.0 Å². The van der Waals surface area contributed by atoms with Gasteiger partial charge in [0.15, 0.2) is 0 Å². The van der Waals surface area contributed by atoms with Crippen LogP contribution in [0.4, 0.5) is 0 Å². The van der Waals surface area contributed by atoms with Gasteiger partial charge in [0, 0.05) is 18.0 Å². The average molecular weight is 247 g/mol. The third kappa shape index (κ3) is 2.82. The zero-order chi connectivity index (χ0) is 13.0. The predicted octanol–water partition coefficient (Wildman–Crippen LogP) is -0.511. The molecule has 0 atom stereocenters. The molecule has 0 fully saturated rings. The molecule has 7 heteroatoms. The van der Waals surface area contributed by atoms with Crippen molar-refractivity contribution in [3.8, 4) is 17.1 Å². The molecular formula is C11H11N4O3-. The van der Waals surface area contributed by atoms with Crippen molar-refractivity contribution >= 4 is 5.97 Å². The number of carbonyl (C=O) groups is 1. The summed E-state index contributed by atoms with van der Waals surface area (Å²) in [4.78, 5) is 11.5. The number of carboxylic acids is 1. The van der Waals surface area contributed by atoms with Gasteiger partial charge in [0.2, 0.25) is 5.82 Å². The van der Waals surface area contributed by atoms with E-state index in [1.54, 1.807) is 13.2 Å². The number of hydrogen-bond acceptors (Lipinski definition) is 6. The SMILES string of the molecule is COc1cccc(-c2nnn(CCC(=O)[O-])n2)c1. The minimum Gasteiger partial charge on any atom is -0.550 e. The van der Waals surface area contributed by atoms with E-state index >= 15 is 0 Å². The van der Waals surface area contributed by atoms with Crippen LogP contribution < -0.4 is 9.84 Å². The number of carboxylic acid groups (broad SMARTS) is 1. The summed E-state index contributed by atoms with van der Waals surface area (Å²) in [5.41, 5.74) is 0.758. The van der Waals surface area contributed by atoms with Crippen LogP contribution in [0.15, 0.2) is 24.3 Å². The Morgan fingerprint density at radius 1 is 1.50 bits per heavy atom. The first-order valence-electron chi connectivity index (χ1n) is 5.31. The standard InChI is InChI=1S/C11H12N4O3/c1-18-9-4-2-3-8(7-9)11-12-14-15(13-11)6-5-10(16)17/h2-4,7H,5-6H2,1H3,(H,16,17)/p-1. The van der Waals surface area contributed by atoms with Crippen molar-refractivity contribution in [3.05, 3.63) is 24.3 Å². The third-order valence-corrected chi connectivity index (χ3v) is 2.30. The lowest BCUT2D eigenvalue weighted by Crippen LogP contribution is -2.24. The summed E-state index contributed by atoms with van der Waals surface area (Å²) in [5, 5.41) is 22.0. The van der Waals surface area contributed by atoms with E-state index in [1.165, 1.54) is 4.80 Å². The summed E-state index contributed by atoms with van der Waals surface area (Å²) in [6.45, 7) is 0.138. The molecule has 0 radical (unpaired) electrons. The second-order valence-electron chi connectivity index (χ2n) is 3.56. The van der Waals surface area contributed by atoms with E-state index in [1.807, 2.05) is 18.2 Å². The van der Waals surface area contributed by atoms with Gasteiger partial charge in [-0.1, -0.05) is 12.1 Å². The normalized spacial score (nSPS) is 10.3. The first-order valence-corrected chi connectivity index (χ1v) is 5.31. The van der Waals surface area contributed by atoms with Crippen LogP contribution >= 0.6 is 0 Å². The van der Waals surface area contributed by atoms with Gasteiger partial charge in [0.1, 0.15) is 5.75 Å². The Hall–Kier alpha value is -2.44. The van der Waals surface area contributed by atoms with Gasteiger partial charge in [-0.2, -0.15) is 4.80 Å². The summed E-state index contributed by atoms with van der Waals surface area (Å²) in [7, 11) is 1.57. The van der Waals surface area contributed by atoms with Gasteiger partial charge in [0.25, 0.3) is 0 Å². The van der Waals surface area contributed by atoms with Crippen LogP contribution in [-0.4, -0.2) is 33.3 Å². The van der Waals surface area contributed by atoms with E-state index in [9.17, 15) is 9.90 Å². The van der Waals surface area contributed by atoms with Crippen molar-refractivity contribution in [1.29, 1.82) is 0 Å². The van der Waals surface area contributed by atoms with Gasteiger partial charge < -0.3 is 14.6 Å². The van der Waals surface area contributed by atoms with Crippen molar-refractivity contribution in [1.82, 2.24) is 20.2 Å². The van der Waals surface area contributed by atoms with E-state index in [2.05, 4.69) is 15.4 Å².